The Balaban J connectivity index is 2.62. The standard InChI is InChI=1S/C16H9F5O2/c17-14(18)13(16(19,20)21)12-4-2-1-3-11(12)9-5-7-10(8-6-9)15(22)23/h1-8H,(H,22,23). The summed E-state index contributed by atoms with van der Waals surface area (Å²) in [5.41, 5.74) is -2.59. The lowest BCUT2D eigenvalue weighted by molar-refractivity contribution is -0.0710. The predicted molar refractivity (Wildman–Crippen MR) is 74.0 cm³/mol. The van der Waals surface area contributed by atoms with Crippen LogP contribution < -0.4 is 0 Å². The molecule has 0 amide bonds. The van der Waals surface area contributed by atoms with Gasteiger partial charge < -0.3 is 5.11 Å². The maximum absolute atomic E-state index is 12.9. The fourth-order valence-corrected chi connectivity index (χ4v) is 2.11. The summed E-state index contributed by atoms with van der Waals surface area (Å²) < 4.78 is 64.4. The number of allylic oxidation sites excluding steroid dienone is 1. The van der Waals surface area contributed by atoms with E-state index in [-0.39, 0.29) is 16.7 Å². The summed E-state index contributed by atoms with van der Waals surface area (Å²) in [6, 6.07) is 9.77. The second kappa shape index (κ2) is 6.20. The topological polar surface area (TPSA) is 37.3 Å². The number of carbonyl (C=O) groups is 1. The van der Waals surface area contributed by atoms with E-state index in [0.717, 1.165) is 6.07 Å². The highest BCUT2D eigenvalue weighted by Gasteiger charge is 2.40. The second-order valence-electron chi connectivity index (χ2n) is 4.56. The summed E-state index contributed by atoms with van der Waals surface area (Å²) in [7, 11) is 0. The molecule has 0 saturated carbocycles. The van der Waals surface area contributed by atoms with Crippen molar-refractivity contribution in [3.63, 3.8) is 0 Å². The van der Waals surface area contributed by atoms with Crippen molar-refractivity contribution < 1.29 is 31.9 Å². The summed E-state index contributed by atoms with van der Waals surface area (Å²) >= 11 is 0. The van der Waals surface area contributed by atoms with Crippen LogP contribution in [-0.4, -0.2) is 17.3 Å². The molecular weight excluding hydrogens is 319 g/mol. The van der Waals surface area contributed by atoms with Gasteiger partial charge in [0, 0.05) is 0 Å². The highest BCUT2D eigenvalue weighted by molar-refractivity contribution is 5.89. The Morgan fingerprint density at radius 1 is 0.913 bits per heavy atom. The number of carboxylic acids is 1. The summed E-state index contributed by atoms with van der Waals surface area (Å²) in [5.74, 6) is -1.20. The lowest BCUT2D eigenvalue weighted by Gasteiger charge is -2.15. The van der Waals surface area contributed by atoms with Gasteiger partial charge in [-0.3, -0.25) is 0 Å². The average Bonchev–Trinajstić information content (AvgIpc) is 2.46. The molecule has 0 saturated heterocycles. The fraction of sp³-hybridized carbons (Fsp3) is 0.0625. The zero-order valence-electron chi connectivity index (χ0n) is 11.4. The van der Waals surface area contributed by atoms with Gasteiger partial charge >= 0.3 is 12.1 Å². The molecule has 0 atom stereocenters. The smallest absolute Gasteiger partial charge is 0.422 e. The first-order chi connectivity index (χ1) is 10.7. The largest absolute Gasteiger partial charge is 0.478 e. The molecular formula is C16H9F5O2. The highest BCUT2D eigenvalue weighted by atomic mass is 19.4. The van der Waals surface area contributed by atoms with E-state index in [2.05, 4.69) is 0 Å². The van der Waals surface area contributed by atoms with Crippen LogP contribution >= 0.6 is 0 Å². The molecule has 1 N–H and O–H groups in total. The van der Waals surface area contributed by atoms with Crippen molar-refractivity contribution in [1.82, 2.24) is 0 Å². The van der Waals surface area contributed by atoms with Gasteiger partial charge in [-0.15, -0.1) is 0 Å². The number of aromatic carboxylic acids is 1. The summed E-state index contributed by atoms with van der Waals surface area (Å²) in [6.07, 6.45) is -8.04. The average molecular weight is 328 g/mol. The molecule has 0 aromatic heterocycles. The normalized spacial score (nSPS) is 11.2. The van der Waals surface area contributed by atoms with Gasteiger partial charge in [0.25, 0.3) is 6.08 Å². The van der Waals surface area contributed by atoms with Gasteiger partial charge in [-0.2, -0.15) is 22.0 Å². The second-order valence-corrected chi connectivity index (χ2v) is 4.56. The Kier molecular flexibility index (Phi) is 4.49. The van der Waals surface area contributed by atoms with Crippen molar-refractivity contribution >= 4 is 11.5 Å². The third-order valence-electron chi connectivity index (χ3n) is 3.11. The zero-order valence-corrected chi connectivity index (χ0v) is 11.4. The van der Waals surface area contributed by atoms with E-state index in [1.807, 2.05) is 0 Å². The molecule has 23 heavy (non-hydrogen) atoms. The number of hydrogen-bond acceptors (Lipinski definition) is 1. The quantitative estimate of drug-likeness (QED) is 0.784. The summed E-state index contributed by atoms with van der Waals surface area (Å²) in [5, 5.41) is 8.81. The van der Waals surface area contributed by atoms with Crippen LogP contribution in [0.2, 0.25) is 0 Å². The molecule has 0 radical (unpaired) electrons. The van der Waals surface area contributed by atoms with Gasteiger partial charge in [0.15, 0.2) is 0 Å². The van der Waals surface area contributed by atoms with Crippen molar-refractivity contribution in [1.29, 1.82) is 0 Å². The van der Waals surface area contributed by atoms with Gasteiger partial charge in [0.05, 0.1) is 5.56 Å². The molecule has 0 aliphatic heterocycles. The van der Waals surface area contributed by atoms with Crippen molar-refractivity contribution in [2.75, 3.05) is 0 Å². The predicted octanol–water partition coefficient (Wildman–Crippen LogP) is 5.22. The van der Waals surface area contributed by atoms with Crippen LogP contribution in [-0.2, 0) is 0 Å². The van der Waals surface area contributed by atoms with E-state index >= 15 is 0 Å². The number of carboxylic acid groups (broad SMARTS) is 1. The molecule has 2 nitrogen and oxygen atoms in total. The minimum Gasteiger partial charge on any atom is -0.478 e. The van der Waals surface area contributed by atoms with Gasteiger partial charge in [-0.05, 0) is 28.8 Å². The highest BCUT2D eigenvalue weighted by Crippen LogP contribution is 2.41. The molecule has 2 rings (SSSR count). The number of halogens is 5. The maximum atomic E-state index is 12.9. The lowest BCUT2D eigenvalue weighted by atomic mass is 9.94. The Labute approximate surface area is 127 Å². The van der Waals surface area contributed by atoms with Crippen molar-refractivity contribution in [3.05, 3.63) is 65.7 Å². The van der Waals surface area contributed by atoms with Crippen molar-refractivity contribution in [3.8, 4) is 11.1 Å². The third kappa shape index (κ3) is 3.56. The Morgan fingerprint density at radius 2 is 1.48 bits per heavy atom. The Morgan fingerprint density at radius 3 is 1.96 bits per heavy atom. The van der Waals surface area contributed by atoms with Crippen LogP contribution in [0.4, 0.5) is 22.0 Å². The van der Waals surface area contributed by atoms with E-state index in [1.165, 1.54) is 42.5 Å². The van der Waals surface area contributed by atoms with Crippen LogP contribution in [0.15, 0.2) is 54.6 Å². The number of hydrogen-bond donors (Lipinski definition) is 1. The number of alkyl halides is 3. The van der Waals surface area contributed by atoms with Gasteiger partial charge in [-0.25, -0.2) is 4.79 Å². The molecule has 2 aromatic carbocycles. The van der Waals surface area contributed by atoms with Gasteiger partial charge in [0.1, 0.15) is 5.57 Å². The minimum atomic E-state index is -5.21. The van der Waals surface area contributed by atoms with Crippen LogP contribution in [0.1, 0.15) is 15.9 Å². The number of benzene rings is 2. The van der Waals surface area contributed by atoms with E-state index in [4.69, 9.17) is 5.11 Å². The van der Waals surface area contributed by atoms with Crippen LogP contribution in [0.5, 0.6) is 0 Å². The van der Waals surface area contributed by atoms with Gasteiger partial charge in [0.2, 0.25) is 0 Å². The first-order valence-corrected chi connectivity index (χ1v) is 6.27. The maximum Gasteiger partial charge on any atom is 0.422 e. The van der Waals surface area contributed by atoms with E-state index in [1.54, 1.807) is 0 Å². The van der Waals surface area contributed by atoms with Crippen molar-refractivity contribution in [2.24, 2.45) is 0 Å². The zero-order chi connectivity index (χ0) is 17.2. The molecule has 120 valence electrons. The minimum absolute atomic E-state index is 0.0607. The third-order valence-corrected chi connectivity index (χ3v) is 3.11. The van der Waals surface area contributed by atoms with Crippen LogP contribution in [0, 0.1) is 0 Å². The molecule has 7 heteroatoms. The first kappa shape index (κ1) is 16.7. The van der Waals surface area contributed by atoms with E-state index < -0.39 is 29.4 Å². The first-order valence-electron chi connectivity index (χ1n) is 6.27. The molecule has 0 unspecified atom stereocenters. The molecule has 0 heterocycles. The molecule has 2 aromatic rings. The Bertz CT molecular complexity index is 757. The van der Waals surface area contributed by atoms with Crippen LogP contribution in [0.3, 0.4) is 0 Å². The van der Waals surface area contributed by atoms with E-state index in [9.17, 15) is 26.7 Å². The lowest BCUT2D eigenvalue weighted by Crippen LogP contribution is -2.12. The SMILES string of the molecule is O=C(O)c1ccc(-c2ccccc2C(=C(F)F)C(F)(F)F)cc1. The molecule has 0 bridgehead atoms. The molecule has 0 fully saturated rings. The number of rotatable bonds is 3. The van der Waals surface area contributed by atoms with Crippen LogP contribution in [0.25, 0.3) is 16.7 Å². The van der Waals surface area contributed by atoms with E-state index in [0.29, 0.717) is 0 Å². The summed E-state index contributed by atoms with van der Waals surface area (Å²) in [6.45, 7) is 0. The molecule has 0 aliphatic rings. The summed E-state index contributed by atoms with van der Waals surface area (Å²) in [4.78, 5) is 10.8. The molecule has 0 spiro atoms. The van der Waals surface area contributed by atoms with Crippen molar-refractivity contribution in [2.45, 2.75) is 6.18 Å². The monoisotopic (exact) mass is 328 g/mol. The molecule has 0 aliphatic carbocycles. The van der Waals surface area contributed by atoms with Gasteiger partial charge in [-0.1, -0.05) is 36.4 Å². The fourth-order valence-electron chi connectivity index (χ4n) is 2.11. The Hall–Kier alpha value is -2.70.